The van der Waals surface area contributed by atoms with E-state index in [1.807, 2.05) is 54.6 Å². The van der Waals surface area contributed by atoms with Gasteiger partial charge in [-0.1, -0.05) is 76.2 Å². The van der Waals surface area contributed by atoms with E-state index < -0.39 is 0 Å². The highest BCUT2D eigenvalue weighted by Gasteiger charge is 2.14. The summed E-state index contributed by atoms with van der Waals surface area (Å²) in [4.78, 5) is 12.6. The average Bonchev–Trinajstić information content (AvgIpc) is 2.68. The van der Waals surface area contributed by atoms with E-state index in [1.165, 1.54) is 16.8 Å². The molecule has 0 unspecified atom stereocenters. The summed E-state index contributed by atoms with van der Waals surface area (Å²) < 4.78 is 0. The van der Waals surface area contributed by atoms with Crippen molar-refractivity contribution in [2.75, 3.05) is 5.32 Å². The molecule has 1 N–H and O–H groups in total. The van der Waals surface area contributed by atoms with Gasteiger partial charge in [-0.3, -0.25) is 4.79 Å². The lowest BCUT2D eigenvalue weighted by atomic mass is 9.92. The van der Waals surface area contributed by atoms with E-state index in [0.29, 0.717) is 23.0 Å². The molecular weight excluding hydrogens is 330 g/mol. The lowest BCUT2D eigenvalue weighted by Gasteiger charge is -2.21. The Hall–Kier alpha value is -2.87. The lowest BCUT2D eigenvalue weighted by molar-refractivity contribution is 0.103. The number of hydrogen-bond acceptors (Lipinski definition) is 2. The Morgan fingerprint density at radius 1 is 0.667 bits per heavy atom. The first-order valence-electron chi connectivity index (χ1n) is 9.57. The fourth-order valence-corrected chi connectivity index (χ4v) is 3.30. The minimum atomic E-state index is 0.0487. The van der Waals surface area contributed by atoms with E-state index in [0.717, 1.165) is 5.69 Å². The zero-order chi connectivity index (χ0) is 19.4. The van der Waals surface area contributed by atoms with E-state index in [-0.39, 0.29) is 5.78 Å². The number of carbonyl (C=O) groups excluding carboxylic acids is 1. The minimum Gasteiger partial charge on any atom is -0.355 e. The third-order valence-electron chi connectivity index (χ3n) is 4.83. The number of carbonyl (C=O) groups is 1. The molecule has 0 aromatic heterocycles. The van der Waals surface area contributed by atoms with Crippen molar-refractivity contribution in [1.82, 2.24) is 0 Å². The second kappa shape index (κ2) is 8.22. The van der Waals surface area contributed by atoms with E-state index in [1.54, 1.807) is 0 Å². The van der Waals surface area contributed by atoms with Crippen molar-refractivity contribution in [2.24, 2.45) is 0 Å². The number of nitrogens with one attached hydrogen (secondary N) is 1. The largest absolute Gasteiger partial charge is 0.355 e. The van der Waals surface area contributed by atoms with Crippen LogP contribution in [0.3, 0.4) is 0 Å². The third kappa shape index (κ3) is 4.28. The minimum absolute atomic E-state index is 0.0487. The Labute approximate surface area is 162 Å². The zero-order valence-electron chi connectivity index (χ0n) is 16.5. The van der Waals surface area contributed by atoms with Gasteiger partial charge in [-0.25, -0.2) is 0 Å². The summed E-state index contributed by atoms with van der Waals surface area (Å²) >= 11 is 0. The number of hydrogen-bond donors (Lipinski definition) is 1. The van der Waals surface area contributed by atoms with Gasteiger partial charge in [0, 0.05) is 22.5 Å². The molecule has 0 aliphatic heterocycles. The molecule has 3 rings (SSSR count). The maximum absolute atomic E-state index is 12.6. The monoisotopic (exact) mass is 357 g/mol. The van der Waals surface area contributed by atoms with Gasteiger partial charge in [0.15, 0.2) is 5.78 Å². The normalized spacial score (nSPS) is 11.0. The van der Waals surface area contributed by atoms with Crippen LogP contribution in [0.4, 0.5) is 11.4 Å². The van der Waals surface area contributed by atoms with Gasteiger partial charge in [0.25, 0.3) is 0 Å². The summed E-state index contributed by atoms with van der Waals surface area (Å²) in [5, 5.41) is 3.60. The highest BCUT2D eigenvalue weighted by Crippen LogP contribution is 2.34. The summed E-state index contributed by atoms with van der Waals surface area (Å²) in [6.45, 7) is 8.86. The molecule has 0 saturated heterocycles. The highest BCUT2D eigenvalue weighted by molar-refractivity contribution is 6.09. The quantitative estimate of drug-likeness (QED) is 0.486. The molecule has 2 nitrogen and oxygen atoms in total. The molecule has 0 heterocycles. The Kier molecular flexibility index (Phi) is 5.75. The topological polar surface area (TPSA) is 29.1 Å². The van der Waals surface area contributed by atoms with Crippen LogP contribution in [0, 0.1) is 0 Å². The van der Waals surface area contributed by atoms with Crippen LogP contribution in [0.1, 0.15) is 66.6 Å². The Balaban J connectivity index is 1.88. The molecule has 3 aromatic rings. The third-order valence-corrected chi connectivity index (χ3v) is 4.83. The summed E-state index contributed by atoms with van der Waals surface area (Å²) in [5.41, 5.74) is 6.22. The summed E-state index contributed by atoms with van der Waals surface area (Å²) in [5.74, 6) is 0.919. The second-order valence-corrected chi connectivity index (χ2v) is 7.52. The van der Waals surface area contributed by atoms with E-state index >= 15 is 0 Å². The van der Waals surface area contributed by atoms with Crippen molar-refractivity contribution >= 4 is 17.2 Å². The van der Waals surface area contributed by atoms with Gasteiger partial charge >= 0.3 is 0 Å². The van der Waals surface area contributed by atoms with Gasteiger partial charge in [0.2, 0.25) is 0 Å². The number of para-hydroxylation sites is 1. The van der Waals surface area contributed by atoms with Crippen LogP contribution in [0.2, 0.25) is 0 Å². The Morgan fingerprint density at radius 3 is 1.70 bits per heavy atom. The van der Waals surface area contributed by atoms with Crippen molar-refractivity contribution in [3.8, 4) is 0 Å². The fraction of sp³-hybridized carbons (Fsp3) is 0.240. The number of ketones is 1. The predicted molar refractivity (Wildman–Crippen MR) is 114 cm³/mol. The standard InChI is InChI=1S/C25H27NO/c1-17(2)22-11-8-12-23(18(3)4)24(22)26-21-15-13-20(14-16-21)25(27)19-9-6-5-7-10-19/h5-18,26H,1-4H3. The van der Waals surface area contributed by atoms with Crippen molar-refractivity contribution in [3.05, 3.63) is 95.1 Å². The first kappa shape index (κ1) is 18.9. The van der Waals surface area contributed by atoms with Gasteiger partial charge < -0.3 is 5.32 Å². The van der Waals surface area contributed by atoms with Gasteiger partial charge in [-0.05, 0) is 47.2 Å². The van der Waals surface area contributed by atoms with Gasteiger partial charge in [0.1, 0.15) is 0 Å². The maximum Gasteiger partial charge on any atom is 0.193 e. The first-order valence-corrected chi connectivity index (χ1v) is 9.57. The van der Waals surface area contributed by atoms with Crippen LogP contribution in [0.25, 0.3) is 0 Å². The molecule has 0 aliphatic carbocycles. The molecule has 0 spiro atoms. The summed E-state index contributed by atoms with van der Waals surface area (Å²) in [6.07, 6.45) is 0. The molecule has 0 amide bonds. The summed E-state index contributed by atoms with van der Waals surface area (Å²) in [7, 11) is 0. The molecule has 138 valence electrons. The molecule has 0 radical (unpaired) electrons. The average molecular weight is 357 g/mol. The number of benzene rings is 3. The van der Waals surface area contributed by atoms with Crippen LogP contribution >= 0.6 is 0 Å². The van der Waals surface area contributed by atoms with Crippen LogP contribution < -0.4 is 5.32 Å². The molecule has 0 saturated carbocycles. The Morgan fingerprint density at radius 2 is 1.19 bits per heavy atom. The Bertz CT molecular complexity index is 883. The van der Waals surface area contributed by atoms with Gasteiger partial charge in [0.05, 0.1) is 0 Å². The predicted octanol–water partition coefficient (Wildman–Crippen LogP) is 6.91. The molecule has 0 fully saturated rings. The van der Waals surface area contributed by atoms with E-state index in [2.05, 4.69) is 51.2 Å². The van der Waals surface area contributed by atoms with Gasteiger partial charge in [-0.15, -0.1) is 0 Å². The lowest BCUT2D eigenvalue weighted by Crippen LogP contribution is -2.04. The van der Waals surface area contributed by atoms with Crippen LogP contribution in [0.5, 0.6) is 0 Å². The van der Waals surface area contributed by atoms with Gasteiger partial charge in [-0.2, -0.15) is 0 Å². The van der Waals surface area contributed by atoms with Crippen molar-refractivity contribution in [2.45, 2.75) is 39.5 Å². The highest BCUT2D eigenvalue weighted by atomic mass is 16.1. The van der Waals surface area contributed by atoms with Crippen molar-refractivity contribution in [3.63, 3.8) is 0 Å². The van der Waals surface area contributed by atoms with E-state index in [9.17, 15) is 4.79 Å². The molecular formula is C25H27NO. The van der Waals surface area contributed by atoms with E-state index in [4.69, 9.17) is 0 Å². The zero-order valence-corrected chi connectivity index (χ0v) is 16.5. The molecule has 0 atom stereocenters. The number of anilines is 2. The SMILES string of the molecule is CC(C)c1cccc(C(C)C)c1Nc1ccc(C(=O)c2ccccc2)cc1. The van der Waals surface area contributed by atoms with Crippen molar-refractivity contribution in [1.29, 1.82) is 0 Å². The molecule has 0 aliphatic rings. The van der Waals surface area contributed by atoms with Crippen LogP contribution in [0.15, 0.2) is 72.8 Å². The van der Waals surface area contributed by atoms with Crippen molar-refractivity contribution < 1.29 is 4.79 Å². The first-order chi connectivity index (χ1) is 13.0. The van der Waals surface area contributed by atoms with Crippen LogP contribution in [-0.2, 0) is 0 Å². The molecule has 3 aromatic carbocycles. The fourth-order valence-electron chi connectivity index (χ4n) is 3.30. The second-order valence-electron chi connectivity index (χ2n) is 7.52. The maximum atomic E-state index is 12.6. The summed E-state index contributed by atoms with van der Waals surface area (Å²) in [6, 6.07) is 23.7. The number of rotatable bonds is 6. The smallest absolute Gasteiger partial charge is 0.193 e. The molecule has 2 heteroatoms. The molecule has 0 bridgehead atoms. The van der Waals surface area contributed by atoms with Crippen LogP contribution in [-0.4, -0.2) is 5.78 Å². The molecule has 27 heavy (non-hydrogen) atoms.